The Balaban J connectivity index is 1.64. The Labute approximate surface area is 164 Å². The molecule has 0 aromatic heterocycles. The molecule has 8 heteroatoms. The van der Waals surface area contributed by atoms with Crippen molar-refractivity contribution in [3.8, 4) is 0 Å². The van der Waals surface area contributed by atoms with E-state index in [1.54, 1.807) is 19.0 Å². The van der Waals surface area contributed by atoms with Crippen LogP contribution >= 0.6 is 0 Å². The number of amides is 1. The van der Waals surface area contributed by atoms with E-state index in [0.29, 0.717) is 18.2 Å². The van der Waals surface area contributed by atoms with Gasteiger partial charge in [0.15, 0.2) is 6.61 Å². The summed E-state index contributed by atoms with van der Waals surface area (Å²) in [6.45, 7) is 0.381. The largest absolute Gasteiger partial charge is 0.452 e. The van der Waals surface area contributed by atoms with Crippen LogP contribution < -0.4 is 4.90 Å². The zero-order valence-corrected chi connectivity index (χ0v) is 16.4. The van der Waals surface area contributed by atoms with Crippen LogP contribution in [0.4, 0.5) is 11.4 Å². The number of nitrogens with zero attached hydrogens (tertiary/aromatic N) is 3. The Morgan fingerprint density at radius 2 is 1.93 bits per heavy atom. The van der Waals surface area contributed by atoms with Crippen molar-refractivity contribution in [3.05, 3.63) is 33.9 Å². The number of rotatable bonds is 5. The van der Waals surface area contributed by atoms with Gasteiger partial charge in [-0.05, 0) is 43.7 Å². The molecular weight excluding hydrogens is 362 g/mol. The minimum Gasteiger partial charge on any atom is -0.452 e. The number of carbonyl (C=O) groups is 2. The third kappa shape index (κ3) is 4.26. The van der Waals surface area contributed by atoms with Gasteiger partial charge in [-0.2, -0.15) is 0 Å². The summed E-state index contributed by atoms with van der Waals surface area (Å²) in [5.41, 5.74) is 0.292. The molecule has 8 nitrogen and oxygen atoms in total. The number of nitro benzene ring substituents is 1. The standard InChI is InChI=1S/C20H27N3O5/c1-21(2)17-10-9-15(12-18(17)23(26)27)20(25)28-13-19(24)22-11-5-7-14-6-3-4-8-16(14)22/h9-10,12,14,16H,3-8,11,13H2,1-2H3/t14-,16+/m1/s1. The van der Waals surface area contributed by atoms with Crippen LogP contribution in [0.2, 0.25) is 0 Å². The monoisotopic (exact) mass is 389 g/mol. The second-order valence-corrected chi connectivity index (χ2v) is 7.77. The van der Waals surface area contributed by atoms with Crippen LogP contribution in [0.25, 0.3) is 0 Å². The lowest BCUT2D eigenvalue weighted by Crippen LogP contribution is -2.50. The zero-order chi connectivity index (χ0) is 20.3. The Bertz CT molecular complexity index is 762. The summed E-state index contributed by atoms with van der Waals surface area (Å²) in [6, 6.07) is 4.44. The lowest BCUT2D eigenvalue weighted by Gasteiger charge is -2.44. The predicted molar refractivity (Wildman–Crippen MR) is 104 cm³/mol. The van der Waals surface area contributed by atoms with Crippen molar-refractivity contribution >= 4 is 23.3 Å². The van der Waals surface area contributed by atoms with Crippen molar-refractivity contribution in [2.75, 3.05) is 32.1 Å². The molecule has 1 saturated heterocycles. The smallest absolute Gasteiger partial charge is 0.338 e. The molecular formula is C20H27N3O5. The maximum absolute atomic E-state index is 12.6. The van der Waals surface area contributed by atoms with Crippen molar-refractivity contribution in [3.63, 3.8) is 0 Å². The number of anilines is 1. The summed E-state index contributed by atoms with van der Waals surface area (Å²) < 4.78 is 5.19. The van der Waals surface area contributed by atoms with Crippen molar-refractivity contribution in [2.45, 2.75) is 44.6 Å². The number of esters is 1. The van der Waals surface area contributed by atoms with E-state index in [9.17, 15) is 19.7 Å². The third-order valence-electron chi connectivity index (χ3n) is 5.78. The van der Waals surface area contributed by atoms with E-state index in [4.69, 9.17) is 4.74 Å². The number of fused-ring (bicyclic) bond motifs is 1. The van der Waals surface area contributed by atoms with E-state index in [0.717, 1.165) is 32.1 Å². The summed E-state index contributed by atoms with van der Waals surface area (Å²) in [6.07, 6.45) is 6.68. The molecule has 2 aliphatic rings. The first kappa shape index (κ1) is 20.1. The molecule has 1 aliphatic heterocycles. The fraction of sp³-hybridized carbons (Fsp3) is 0.600. The number of hydrogen-bond acceptors (Lipinski definition) is 6. The van der Waals surface area contributed by atoms with E-state index in [1.165, 1.54) is 24.6 Å². The van der Waals surface area contributed by atoms with Gasteiger partial charge in [-0.1, -0.05) is 12.8 Å². The first-order valence-electron chi connectivity index (χ1n) is 9.81. The molecule has 28 heavy (non-hydrogen) atoms. The van der Waals surface area contributed by atoms with Gasteiger partial charge in [-0.15, -0.1) is 0 Å². The second-order valence-electron chi connectivity index (χ2n) is 7.77. The minimum atomic E-state index is -0.723. The highest BCUT2D eigenvalue weighted by Gasteiger charge is 2.35. The van der Waals surface area contributed by atoms with Crippen LogP contribution in [0.5, 0.6) is 0 Å². The fourth-order valence-corrected chi connectivity index (χ4v) is 4.40. The van der Waals surface area contributed by atoms with Crippen LogP contribution in [0.3, 0.4) is 0 Å². The molecule has 0 spiro atoms. The summed E-state index contributed by atoms with van der Waals surface area (Å²) in [5, 5.41) is 11.3. The molecule has 0 bridgehead atoms. The van der Waals surface area contributed by atoms with Crippen molar-refractivity contribution in [2.24, 2.45) is 5.92 Å². The topological polar surface area (TPSA) is 93.0 Å². The minimum absolute atomic E-state index is 0.0688. The lowest BCUT2D eigenvalue weighted by molar-refractivity contribution is -0.384. The fourth-order valence-electron chi connectivity index (χ4n) is 4.40. The number of nitro groups is 1. The Morgan fingerprint density at radius 1 is 1.21 bits per heavy atom. The van der Waals surface area contributed by atoms with E-state index >= 15 is 0 Å². The molecule has 152 valence electrons. The molecule has 1 aromatic rings. The van der Waals surface area contributed by atoms with Gasteiger partial charge in [0.25, 0.3) is 11.6 Å². The van der Waals surface area contributed by atoms with Crippen molar-refractivity contribution in [1.82, 2.24) is 4.90 Å². The Kier molecular flexibility index (Phi) is 6.16. The van der Waals surface area contributed by atoms with Crippen LogP contribution in [0, 0.1) is 16.0 Å². The van der Waals surface area contributed by atoms with E-state index in [1.807, 2.05) is 4.90 Å². The number of ether oxygens (including phenoxy) is 1. The van der Waals surface area contributed by atoms with Gasteiger partial charge in [0.2, 0.25) is 0 Å². The Morgan fingerprint density at radius 3 is 2.64 bits per heavy atom. The molecule has 0 radical (unpaired) electrons. The average Bonchev–Trinajstić information content (AvgIpc) is 2.70. The van der Waals surface area contributed by atoms with Crippen LogP contribution in [0.15, 0.2) is 18.2 Å². The molecule has 3 rings (SSSR count). The zero-order valence-electron chi connectivity index (χ0n) is 16.4. The van der Waals surface area contributed by atoms with Crippen molar-refractivity contribution in [1.29, 1.82) is 0 Å². The molecule has 1 aromatic carbocycles. The lowest BCUT2D eigenvalue weighted by atomic mass is 9.78. The van der Waals surface area contributed by atoms with Gasteiger partial charge in [-0.3, -0.25) is 14.9 Å². The summed E-state index contributed by atoms with van der Waals surface area (Å²) in [4.78, 5) is 39.2. The predicted octanol–water partition coefficient (Wildman–Crippen LogP) is 3.00. The molecule has 1 heterocycles. The van der Waals surface area contributed by atoms with Crippen LogP contribution in [0.1, 0.15) is 48.9 Å². The Hall–Kier alpha value is -2.64. The van der Waals surface area contributed by atoms with Gasteiger partial charge in [-0.25, -0.2) is 4.79 Å². The van der Waals surface area contributed by atoms with Gasteiger partial charge in [0.05, 0.1) is 10.5 Å². The maximum atomic E-state index is 12.6. The quantitative estimate of drug-likeness (QED) is 0.437. The molecule has 2 atom stereocenters. The first-order chi connectivity index (χ1) is 13.4. The number of piperidine rings is 1. The highest BCUT2D eigenvalue weighted by molar-refractivity contribution is 5.93. The molecule has 1 aliphatic carbocycles. The molecule has 1 saturated carbocycles. The summed E-state index contributed by atoms with van der Waals surface area (Å²) >= 11 is 0. The van der Waals surface area contributed by atoms with E-state index < -0.39 is 10.9 Å². The number of benzene rings is 1. The van der Waals surface area contributed by atoms with Crippen LogP contribution in [-0.2, 0) is 9.53 Å². The van der Waals surface area contributed by atoms with Gasteiger partial charge < -0.3 is 14.5 Å². The number of likely N-dealkylation sites (tertiary alicyclic amines) is 1. The van der Waals surface area contributed by atoms with Crippen LogP contribution in [-0.4, -0.2) is 55.0 Å². The van der Waals surface area contributed by atoms with Gasteiger partial charge >= 0.3 is 5.97 Å². The highest BCUT2D eigenvalue weighted by atomic mass is 16.6. The van der Waals surface area contributed by atoms with E-state index in [2.05, 4.69) is 0 Å². The average molecular weight is 389 g/mol. The van der Waals surface area contributed by atoms with E-state index in [-0.39, 0.29) is 29.8 Å². The molecule has 2 fully saturated rings. The maximum Gasteiger partial charge on any atom is 0.338 e. The molecule has 0 N–H and O–H groups in total. The molecule has 1 amide bonds. The molecule has 0 unspecified atom stereocenters. The summed E-state index contributed by atoms with van der Waals surface area (Å²) in [7, 11) is 3.38. The van der Waals surface area contributed by atoms with Gasteiger partial charge in [0.1, 0.15) is 5.69 Å². The third-order valence-corrected chi connectivity index (χ3v) is 5.78. The highest BCUT2D eigenvalue weighted by Crippen LogP contribution is 2.35. The van der Waals surface area contributed by atoms with Crippen molar-refractivity contribution < 1.29 is 19.2 Å². The SMILES string of the molecule is CN(C)c1ccc(C(=O)OCC(=O)N2CCC[C@H]3CCCC[C@@H]32)cc1[N+](=O)[O-]. The van der Waals surface area contributed by atoms with Gasteiger partial charge in [0, 0.05) is 32.7 Å². The summed E-state index contributed by atoms with van der Waals surface area (Å²) in [5.74, 6) is -0.341. The number of hydrogen-bond donors (Lipinski definition) is 0. The number of carbonyl (C=O) groups excluding carboxylic acids is 2. The second kappa shape index (κ2) is 8.58. The first-order valence-corrected chi connectivity index (χ1v) is 9.81. The normalized spacial score (nSPS) is 21.6.